The third kappa shape index (κ3) is 11.0. The van der Waals surface area contributed by atoms with Crippen molar-refractivity contribution in [3.05, 3.63) is 29.8 Å². The van der Waals surface area contributed by atoms with Crippen molar-refractivity contribution in [2.45, 2.75) is 50.4 Å². The molecule has 1 aromatic rings. The van der Waals surface area contributed by atoms with Gasteiger partial charge in [0, 0.05) is 18.7 Å². The molecule has 1 rings (SSSR count). The Kier molecular flexibility index (Phi) is 12.4. The Hall–Kier alpha value is -3.52. The molecule has 0 spiro atoms. The number of nitrogens with two attached hydrogens (primary N) is 3. The Morgan fingerprint density at radius 3 is 2.11 bits per heavy atom. The molecular formula is C21H33N7O6S. The molecule has 0 bridgehead atoms. The van der Waals surface area contributed by atoms with E-state index in [0.717, 1.165) is 0 Å². The number of aliphatic carboxylic acids is 1. The van der Waals surface area contributed by atoms with Gasteiger partial charge in [-0.2, -0.15) is 12.6 Å². The van der Waals surface area contributed by atoms with Crippen molar-refractivity contribution in [3.63, 3.8) is 0 Å². The maximum Gasteiger partial charge on any atom is 0.325 e. The van der Waals surface area contributed by atoms with Gasteiger partial charge in [0.2, 0.25) is 17.7 Å². The summed E-state index contributed by atoms with van der Waals surface area (Å²) in [7, 11) is 0. The monoisotopic (exact) mass is 511 g/mol. The van der Waals surface area contributed by atoms with E-state index in [4.69, 9.17) is 22.3 Å². The van der Waals surface area contributed by atoms with Crippen molar-refractivity contribution < 1.29 is 29.4 Å². The lowest BCUT2D eigenvalue weighted by Gasteiger charge is -2.24. The number of benzene rings is 1. The Balaban J connectivity index is 3.08. The number of aromatic hydroxyl groups is 1. The molecule has 0 aliphatic rings. The first-order chi connectivity index (χ1) is 16.4. The normalized spacial score (nSPS) is 14.0. The highest BCUT2D eigenvalue weighted by molar-refractivity contribution is 7.80. The van der Waals surface area contributed by atoms with Crippen molar-refractivity contribution in [2.24, 2.45) is 22.2 Å². The predicted molar refractivity (Wildman–Crippen MR) is 133 cm³/mol. The molecule has 0 radical (unpaired) electrons. The van der Waals surface area contributed by atoms with E-state index in [1.807, 2.05) is 0 Å². The zero-order valence-corrected chi connectivity index (χ0v) is 20.2. The quantitative estimate of drug-likeness (QED) is 0.0569. The van der Waals surface area contributed by atoms with Crippen LogP contribution >= 0.6 is 12.6 Å². The zero-order chi connectivity index (χ0) is 26.5. The summed E-state index contributed by atoms with van der Waals surface area (Å²) in [6.07, 6.45) is 0.430. The van der Waals surface area contributed by atoms with Crippen LogP contribution in [0.5, 0.6) is 5.75 Å². The number of rotatable bonds is 14. The van der Waals surface area contributed by atoms with Crippen molar-refractivity contribution in [1.82, 2.24) is 16.0 Å². The topological polar surface area (TPSA) is 235 Å². The molecule has 0 fully saturated rings. The number of nitrogens with one attached hydrogen (secondary N) is 3. The van der Waals surface area contributed by atoms with E-state index in [0.29, 0.717) is 12.0 Å². The minimum Gasteiger partial charge on any atom is -0.508 e. The highest BCUT2D eigenvalue weighted by atomic mass is 32.1. The molecule has 3 amide bonds. The van der Waals surface area contributed by atoms with E-state index in [1.54, 1.807) is 12.1 Å². The molecule has 0 saturated heterocycles. The highest BCUT2D eigenvalue weighted by Crippen LogP contribution is 2.12. The highest BCUT2D eigenvalue weighted by Gasteiger charge is 2.29. The first-order valence-corrected chi connectivity index (χ1v) is 11.4. The molecule has 194 valence electrons. The van der Waals surface area contributed by atoms with E-state index in [-0.39, 0.29) is 36.8 Å². The molecule has 11 N–H and O–H groups in total. The number of phenolic OH excluding ortho intramolecular Hbond substituents is 1. The summed E-state index contributed by atoms with van der Waals surface area (Å²) >= 11 is 3.99. The molecule has 35 heavy (non-hydrogen) atoms. The number of guanidine groups is 1. The van der Waals surface area contributed by atoms with Crippen LogP contribution in [-0.4, -0.2) is 76.3 Å². The van der Waals surface area contributed by atoms with Crippen LogP contribution in [0.25, 0.3) is 0 Å². The minimum absolute atomic E-state index is 0.0287. The number of carboxylic acids is 1. The number of hydrogen-bond acceptors (Lipinski definition) is 8. The first kappa shape index (κ1) is 29.5. The zero-order valence-electron chi connectivity index (χ0n) is 19.3. The lowest BCUT2D eigenvalue weighted by Crippen LogP contribution is -2.57. The summed E-state index contributed by atoms with van der Waals surface area (Å²) in [4.78, 5) is 53.2. The van der Waals surface area contributed by atoms with E-state index < -0.39 is 47.9 Å². The van der Waals surface area contributed by atoms with Crippen LogP contribution in [0.15, 0.2) is 29.3 Å². The third-order valence-corrected chi connectivity index (χ3v) is 5.24. The smallest absolute Gasteiger partial charge is 0.325 e. The number of carboxylic acid groups (broad SMARTS) is 1. The second kappa shape index (κ2) is 14.7. The van der Waals surface area contributed by atoms with E-state index in [9.17, 15) is 24.3 Å². The molecule has 4 atom stereocenters. The molecule has 14 heteroatoms. The van der Waals surface area contributed by atoms with Crippen LogP contribution in [0.2, 0.25) is 0 Å². The standard InChI is InChI=1S/C21H33N7O6S/c1-11(20(33)34)26-18(31)15(3-2-8-25-21(23)24)27-19(32)16(28-17(30)14(22)10-35)9-12-4-6-13(29)7-5-12/h4-7,11,14-16,29,35H,2-3,8-10,22H2,1H3,(H,26,31)(H,27,32)(H,28,30)(H,33,34)(H4,23,24,25). The maximum atomic E-state index is 13.1. The SMILES string of the molecule is CC(NC(=O)C(CCCN=C(N)N)NC(=O)C(Cc1ccc(O)cc1)NC(=O)C(N)CS)C(=O)O. The average molecular weight is 512 g/mol. The van der Waals surface area contributed by atoms with Gasteiger partial charge in [-0.3, -0.25) is 24.2 Å². The number of nitrogens with zero attached hydrogens (tertiary/aromatic N) is 1. The van der Waals surface area contributed by atoms with Gasteiger partial charge in [0.15, 0.2) is 5.96 Å². The first-order valence-electron chi connectivity index (χ1n) is 10.8. The lowest BCUT2D eigenvalue weighted by molar-refractivity contribution is -0.141. The van der Waals surface area contributed by atoms with E-state index >= 15 is 0 Å². The van der Waals surface area contributed by atoms with Gasteiger partial charge in [-0.05, 0) is 37.5 Å². The van der Waals surface area contributed by atoms with Crippen molar-refractivity contribution in [3.8, 4) is 5.75 Å². The number of thiol groups is 1. The van der Waals surface area contributed by atoms with Crippen LogP contribution in [0, 0.1) is 0 Å². The van der Waals surface area contributed by atoms with E-state index in [2.05, 4.69) is 33.6 Å². The van der Waals surface area contributed by atoms with Crippen molar-refractivity contribution in [2.75, 3.05) is 12.3 Å². The summed E-state index contributed by atoms with van der Waals surface area (Å²) in [5, 5.41) is 26.0. The van der Waals surface area contributed by atoms with Gasteiger partial charge in [-0.1, -0.05) is 12.1 Å². The Labute approximate surface area is 208 Å². The van der Waals surface area contributed by atoms with Gasteiger partial charge in [-0.25, -0.2) is 0 Å². The summed E-state index contributed by atoms with van der Waals surface area (Å²) < 4.78 is 0. The van der Waals surface area contributed by atoms with Crippen LogP contribution in [0.4, 0.5) is 0 Å². The Bertz CT molecular complexity index is 908. The van der Waals surface area contributed by atoms with Gasteiger partial charge in [0.1, 0.15) is 23.9 Å². The molecule has 0 aliphatic heterocycles. The van der Waals surface area contributed by atoms with Crippen molar-refractivity contribution >= 4 is 42.3 Å². The molecular weight excluding hydrogens is 478 g/mol. The molecule has 0 saturated carbocycles. The fraction of sp³-hybridized carbons (Fsp3) is 0.476. The van der Waals surface area contributed by atoms with Gasteiger partial charge in [0.05, 0.1) is 6.04 Å². The fourth-order valence-corrected chi connectivity index (χ4v) is 3.02. The predicted octanol–water partition coefficient (Wildman–Crippen LogP) is -2.20. The van der Waals surface area contributed by atoms with E-state index in [1.165, 1.54) is 19.1 Å². The largest absolute Gasteiger partial charge is 0.508 e. The van der Waals surface area contributed by atoms with Gasteiger partial charge in [0.25, 0.3) is 0 Å². The summed E-state index contributed by atoms with van der Waals surface area (Å²) in [5.74, 6) is -3.34. The number of carbonyl (C=O) groups excluding carboxylic acids is 3. The summed E-state index contributed by atoms with van der Waals surface area (Å²) in [6, 6.07) is 1.60. The minimum atomic E-state index is -1.25. The van der Waals surface area contributed by atoms with Crippen LogP contribution in [0.1, 0.15) is 25.3 Å². The summed E-state index contributed by atoms with van der Waals surface area (Å²) in [6.45, 7) is 1.46. The van der Waals surface area contributed by atoms with Gasteiger partial charge < -0.3 is 43.4 Å². The number of carbonyl (C=O) groups is 4. The lowest BCUT2D eigenvalue weighted by atomic mass is 10.0. The number of amides is 3. The van der Waals surface area contributed by atoms with Gasteiger partial charge in [-0.15, -0.1) is 0 Å². The number of aliphatic imine (C=N–C) groups is 1. The Morgan fingerprint density at radius 2 is 1.57 bits per heavy atom. The maximum absolute atomic E-state index is 13.1. The molecule has 0 aliphatic carbocycles. The number of hydrogen-bond donors (Lipinski definition) is 9. The molecule has 13 nitrogen and oxygen atoms in total. The number of phenols is 1. The second-order valence-corrected chi connectivity index (χ2v) is 8.16. The molecule has 0 aromatic heterocycles. The van der Waals surface area contributed by atoms with Gasteiger partial charge >= 0.3 is 5.97 Å². The fourth-order valence-electron chi connectivity index (χ4n) is 2.86. The van der Waals surface area contributed by atoms with Crippen LogP contribution in [-0.2, 0) is 25.6 Å². The van der Waals surface area contributed by atoms with Crippen LogP contribution in [0.3, 0.4) is 0 Å². The second-order valence-electron chi connectivity index (χ2n) is 7.80. The molecule has 1 aromatic carbocycles. The summed E-state index contributed by atoms with van der Waals surface area (Å²) in [5.41, 5.74) is 16.9. The average Bonchev–Trinajstić information content (AvgIpc) is 2.80. The Morgan fingerprint density at radius 1 is 1.00 bits per heavy atom. The molecule has 0 heterocycles. The third-order valence-electron chi connectivity index (χ3n) is 4.85. The van der Waals surface area contributed by atoms with Crippen molar-refractivity contribution in [1.29, 1.82) is 0 Å². The molecule has 4 unspecified atom stereocenters. The van der Waals surface area contributed by atoms with Crippen LogP contribution < -0.4 is 33.2 Å².